The van der Waals surface area contributed by atoms with Crippen LogP contribution >= 0.6 is 27.3 Å². The number of aromatic nitrogens is 2. The van der Waals surface area contributed by atoms with Gasteiger partial charge in [0.15, 0.2) is 0 Å². The van der Waals surface area contributed by atoms with Gasteiger partial charge in [0.25, 0.3) is 5.56 Å². The third kappa shape index (κ3) is 1.77. The first kappa shape index (κ1) is 12.3. The Hall–Kier alpha value is -1.46. The molecule has 0 aliphatic carbocycles. The van der Waals surface area contributed by atoms with Crippen molar-refractivity contribution in [3.63, 3.8) is 0 Å². The highest BCUT2D eigenvalue weighted by atomic mass is 79.9. The average molecular weight is 347 g/mol. The lowest BCUT2D eigenvalue weighted by atomic mass is 10.1. The number of hydrogen-bond acceptors (Lipinski definition) is 3. The second-order valence-corrected chi connectivity index (χ2v) is 6.70. The Bertz CT molecular complexity index is 864. The summed E-state index contributed by atoms with van der Waals surface area (Å²) in [5.41, 5.74) is 2.18. The highest BCUT2D eigenvalue weighted by Crippen LogP contribution is 2.32. The quantitative estimate of drug-likeness (QED) is 0.671. The minimum atomic E-state index is 0.113. The van der Waals surface area contributed by atoms with Crippen molar-refractivity contribution < 1.29 is 0 Å². The SMILES string of the molecule is O=c1c2c(-c3ccc(Br)cc3)csc2nc2n1CCC2. The number of thiophene rings is 1. The van der Waals surface area contributed by atoms with Gasteiger partial charge in [0.2, 0.25) is 0 Å². The van der Waals surface area contributed by atoms with E-state index in [4.69, 9.17) is 0 Å². The maximum atomic E-state index is 12.7. The van der Waals surface area contributed by atoms with Crippen LogP contribution in [0.2, 0.25) is 0 Å². The zero-order valence-electron chi connectivity index (χ0n) is 10.6. The fraction of sp³-hybridized carbons (Fsp3) is 0.200. The smallest absolute Gasteiger partial charge is 0.262 e. The summed E-state index contributed by atoms with van der Waals surface area (Å²) in [5.74, 6) is 0.937. The van der Waals surface area contributed by atoms with Gasteiger partial charge in [0.1, 0.15) is 10.7 Å². The lowest BCUT2D eigenvalue weighted by molar-refractivity contribution is 0.720. The van der Waals surface area contributed by atoms with Crippen LogP contribution in [0.3, 0.4) is 0 Å². The van der Waals surface area contributed by atoms with Crippen LogP contribution in [0, 0.1) is 0 Å². The topological polar surface area (TPSA) is 34.9 Å². The van der Waals surface area contributed by atoms with Crippen LogP contribution in [0.25, 0.3) is 21.3 Å². The molecule has 0 spiro atoms. The molecular formula is C15H11BrN2OS. The summed E-state index contributed by atoms with van der Waals surface area (Å²) in [4.78, 5) is 18.2. The number of fused-ring (bicyclic) bond motifs is 2. The summed E-state index contributed by atoms with van der Waals surface area (Å²) in [5, 5.41) is 2.81. The maximum Gasteiger partial charge on any atom is 0.262 e. The lowest BCUT2D eigenvalue weighted by Gasteiger charge is -2.04. The molecule has 3 nitrogen and oxygen atoms in total. The summed E-state index contributed by atoms with van der Waals surface area (Å²) in [6.07, 6.45) is 1.93. The molecule has 1 aromatic carbocycles. The molecule has 0 amide bonds. The average Bonchev–Trinajstić information content (AvgIpc) is 3.07. The Morgan fingerprint density at radius 2 is 2.05 bits per heavy atom. The molecule has 20 heavy (non-hydrogen) atoms. The highest BCUT2D eigenvalue weighted by molar-refractivity contribution is 9.10. The van der Waals surface area contributed by atoms with E-state index in [0.29, 0.717) is 0 Å². The molecule has 3 heterocycles. The Morgan fingerprint density at radius 3 is 2.85 bits per heavy atom. The van der Waals surface area contributed by atoms with E-state index in [0.717, 1.165) is 51.0 Å². The van der Waals surface area contributed by atoms with E-state index < -0.39 is 0 Å². The molecule has 0 saturated carbocycles. The molecule has 3 aromatic rings. The van der Waals surface area contributed by atoms with Gasteiger partial charge in [-0.2, -0.15) is 0 Å². The first-order valence-electron chi connectivity index (χ1n) is 6.51. The molecule has 0 saturated heterocycles. The highest BCUT2D eigenvalue weighted by Gasteiger charge is 2.19. The lowest BCUT2D eigenvalue weighted by Crippen LogP contribution is -2.20. The minimum absolute atomic E-state index is 0.113. The number of rotatable bonds is 1. The molecule has 4 rings (SSSR count). The number of hydrogen-bond donors (Lipinski definition) is 0. The van der Waals surface area contributed by atoms with Crippen LogP contribution in [0.5, 0.6) is 0 Å². The summed E-state index contributed by atoms with van der Waals surface area (Å²) in [7, 11) is 0. The zero-order chi connectivity index (χ0) is 13.7. The number of aryl methyl sites for hydroxylation is 1. The molecule has 5 heteroatoms. The molecule has 0 bridgehead atoms. The Labute approximate surface area is 128 Å². The molecular weight excluding hydrogens is 336 g/mol. The molecule has 0 radical (unpaired) electrons. The first-order chi connectivity index (χ1) is 9.74. The van der Waals surface area contributed by atoms with Gasteiger partial charge in [-0.15, -0.1) is 11.3 Å². The van der Waals surface area contributed by atoms with Gasteiger partial charge in [-0.1, -0.05) is 28.1 Å². The largest absolute Gasteiger partial charge is 0.296 e. The van der Waals surface area contributed by atoms with Crippen LogP contribution in [0.4, 0.5) is 0 Å². The van der Waals surface area contributed by atoms with Gasteiger partial charge in [0.05, 0.1) is 5.39 Å². The number of halogens is 1. The predicted octanol–water partition coefficient (Wildman–Crippen LogP) is 3.83. The van der Waals surface area contributed by atoms with Crippen molar-refractivity contribution >= 4 is 37.5 Å². The molecule has 0 atom stereocenters. The Kier molecular flexibility index (Phi) is 2.79. The number of nitrogens with zero attached hydrogens (tertiary/aromatic N) is 2. The van der Waals surface area contributed by atoms with Crippen LogP contribution in [0.1, 0.15) is 12.2 Å². The third-order valence-corrected chi connectivity index (χ3v) is 5.11. The van der Waals surface area contributed by atoms with Crippen molar-refractivity contribution in [3.8, 4) is 11.1 Å². The molecule has 0 N–H and O–H groups in total. The predicted molar refractivity (Wildman–Crippen MR) is 85.3 cm³/mol. The maximum absolute atomic E-state index is 12.7. The Balaban J connectivity index is 2.02. The van der Waals surface area contributed by atoms with Crippen molar-refractivity contribution in [2.45, 2.75) is 19.4 Å². The van der Waals surface area contributed by atoms with Crippen molar-refractivity contribution in [1.29, 1.82) is 0 Å². The summed E-state index contributed by atoms with van der Waals surface area (Å²) in [6, 6.07) is 8.06. The summed E-state index contributed by atoms with van der Waals surface area (Å²) >= 11 is 4.99. The van der Waals surface area contributed by atoms with E-state index in [1.54, 1.807) is 11.3 Å². The van der Waals surface area contributed by atoms with Crippen molar-refractivity contribution in [2.75, 3.05) is 0 Å². The van der Waals surface area contributed by atoms with Crippen molar-refractivity contribution in [2.24, 2.45) is 0 Å². The van der Waals surface area contributed by atoms with Crippen LogP contribution in [-0.2, 0) is 13.0 Å². The molecule has 1 aliphatic heterocycles. The minimum Gasteiger partial charge on any atom is -0.296 e. The summed E-state index contributed by atoms with van der Waals surface area (Å²) in [6.45, 7) is 0.798. The fourth-order valence-electron chi connectivity index (χ4n) is 2.73. The van der Waals surface area contributed by atoms with Crippen molar-refractivity contribution in [1.82, 2.24) is 9.55 Å². The summed E-state index contributed by atoms with van der Waals surface area (Å²) < 4.78 is 2.87. The standard InChI is InChI=1S/C15H11BrN2OS/c16-10-5-3-9(4-6-10)11-8-20-14-13(11)15(19)18-7-1-2-12(18)17-14/h3-6,8H,1-2,7H2. The normalized spacial score (nSPS) is 13.8. The molecule has 1 aliphatic rings. The van der Waals surface area contributed by atoms with E-state index in [2.05, 4.69) is 20.9 Å². The van der Waals surface area contributed by atoms with E-state index in [-0.39, 0.29) is 5.56 Å². The van der Waals surface area contributed by atoms with Gasteiger partial charge in [-0.3, -0.25) is 9.36 Å². The Morgan fingerprint density at radius 1 is 1.25 bits per heavy atom. The van der Waals surface area contributed by atoms with Crippen molar-refractivity contribution in [3.05, 3.63) is 50.3 Å². The van der Waals surface area contributed by atoms with Gasteiger partial charge in [-0.25, -0.2) is 4.98 Å². The van der Waals surface area contributed by atoms with Crippen LogP contribution in [-0.4, -0.2) is 9.55 Å². The second-order valence-electron chi connectivity index (χ2n) is 4.92. The van der Waals surface area contributed by atoms with Crippen LogP contribution < -0.4 is 5.56 Å². The van der Waals surface area contributed by atoms with Gasteiger partial charge >= 0.3 is 0 Å². The molecule has 2 aromatic heterocycles. The van der Waals surface area contributed by atoms with Crippen LogP contribution in [0.15, 0.2) is 38.9 Å². The fourth-order valence-corrected chi connectivity index (χ4v) is 3.95. The van der Waals surface area contributed by atoms with Gasteiger partial charge in [-0.05, 0) is 24.1 Å². The monoisotopic (exact) mass is 346 g/mol. The number of benzene rings is 1. The molecule has 0 fully saturated rings. The van der Waals surface area contributed by atoms with E-state index >= 15 is 0 Å². The van der Waals surface area contributed by atoms with Gasteiger partial charge in [0, 0.05) is 28.4 Å². The first-order valence-corrected chi connectivity index (χ1v) is 8.18. The van der Waals surface area contributed by atoms with E-state index in [1.807, 2.05) is 34.2 Å². The zero-order valence-corrected chi connectivity index (χ0v) is 13.0. The van der Waals surface area contributed by atoms with Gasteiger partial charge < -0.3 is 0 Å². The molecule has 0 unspecified atom stereocenters. The molecule has 100 valence electrons. The third-order valence-electron chi connectivity index (χ3n) is 3.71. The second kappa shape index (κ2) is 4.53. The van der Waals surface area contributed by atoms with E-state index in [1.165, 1.54) is 0 Å². The van der Waals surface area contributed by atoms with E-state index in [9.17, 15) is 4.79 Å².